The summed E-state index contributed by atoms with van der Waals surface area (Å²) in [6.07, 6.45) is 4.79. The lowest BCUT2D eigenvalue weighted by molar-refractivity contribution is 0.0924. The third-order valence-corrected chi connectivity index (χ3v) is 6.26. The van der Waals surface area contributed by atoms with Crippen molar-refractivity contribution in [2.45, 2.75) is 31.7 Å². The highest BCUT2D eigenvalue weighted by Gasteiger charge is 2.25. The van der Waals surface area contributed by atoms with Gasteiger partial charge in [-0.15, -0.1) is 0 Å². The summed E-state index contributed by atoms with van der Waals surface area (Å²) in [7, 11) is 1.62. The number of carbonyl (C=O) groups excluding carboxylic acids is 1. The second-order valence-electron chi connectivity index (χ2n) is 8.00. The Morgan fingerprint density at radius 2 is 1.84 bits per heavy atom. The van der Waals surface area contributed by atoms with Gasteiger partial charge in [0.2, 0.25) is 0 Å². The normalized spacial score (nSPS) is 15.7. The first kappa shape index (κ1) is 22.4. The molecule has 168 valence electrons. The summed E-state index contributed by atoms with van der Waals surface area (Å²) in [5.41, 5.74) is 2.12. The van der Waals surface area contributed by atoms with Crippen molar-refractivity contribution in [3.05, 3.63) is 70.9 Å². The van der Waals surface area contributed by atoms with Gasteiger partial charge in [-0.25, -0.2) is 0 Å². The largest absolute Gasteiger partial charge is 0.497 e. The van der Waals surface area contributed by atoms with Crippen LogP contribution in [0, 0.1) is 0 Å². The maximum absolute atomic E-state index is 12.9. The van der Waals surface area contributed by atoms with Gasteiger partial charge in [0.25, 0.3) is 5.91 Å². The summed E-state index contributed by atoms with van der Waals surface area (Å²) in [5, 5.41) is 7.74. The van der Waals surface area contributed by atoms with Crippen molar-refractivity contribution in [1.29, 1.82) is 0 Å². The fraction of sp³-hybridized carbons (Fsp3) is 0.360. The number of likely N-dealkylation sites (tertiary alicyclic amines) is 1. The van der Waals surface area contributed by atoms with Crippen LogP contribution < -0.4 is 10.1 Å². The predicted octanol–water partition coefficient (Wildman–Crippen LogP) is 5.35. The number of nitrogens with zero attached hydrogens (tertiary/aromatic N) is 2. The molecule has 3 aromatic rings. The Morgan fingerprint density at radius 3 is 2.53 bits per heavy atom. The third-order valence-electron chi connectivity index (χ3n) is 5.92. The molecule has 1 fully saturated rings. The third kappa shape index (κ3) is 5.31. The lowest BCUT2D eigenvalue weighted by Crippen LogP contribution is -2.39. The average molecular weight is 454 g/mol. The zero-order chi connectivity index (χ0) is 22.3. The number of aromatic nitrogens is 1. The maximum Gasteiger partial charge on any atom is 0.273 e. The number of benzene rings is 2. The van der Waals surface area contributed by atoms with Crippen molar-refractivity contribution in [3.8, 4) is 17.1 Å². The van der Waals surface area contributed by atoms with E-state index >= 15 is 0 Å². The van der Waals surface area contributed by atoms with E-state index in [1.165, 1.54) is 12.8 Å². The molecule has 0 aliphatic carbocycles. The Labute approximate surface area is 193 Å². The van der Waals surface area contributed by atoms with Gasteiger partial charge in [-0.2, -0.15) is 0 Å². The molecule has 0 bridgehead atoms. The van der Waals surface area contributed by atoms with Gasteiger partial charge in [-0.3, -0.25) is 9.69 Å². The zero-order valence-corrected chi connectivity index (χ0v) is 19.0. The summed E-state index contributed by atoms with van der Waals surface area (Å²) in [6, 6.07) is 17.0. The Morgan fingerprint density at radius 1 is 1.12 bits per heavy atom. The van der Waals surface area contributed by atoms with Crippen LogP contribution in [-0.4, -0.2) is 42.7 Å². The van der Waals surface area contributed by atoms with E-state index in [0.717, 1.165) is 47.8 Å². The van der Waals surface area contributed by atoms with Gasteiger partial charge in [0.05, 0.1) is 13.2 Å². The molecular weight excluding hydrogens is 426 g/mol. The molecule has 1 amide bonds. The Balaban J connectivity index is 1.47. The van der Waals surface area contributed by atoms with Gasteiger partial charge in [-0.05, 0) is 61.8 Å². The highest BCUT2D eigenvalue weighted by molar-refractivity contribution is 6.31. The minimum atomic E-state index is -0.264. The SMILES string of the molecule is COc1ccc(-c2cc(C(=O)NCC(c3ccccc3Cl)N3CCCCCC3)no2)cc1. The number of amides is 1. The highest BCUT2D eigenvalue weighted by Crippen LogP contribution is 2.29. The standard InChI is InChI=1S/C25H28ClN3O3/c1-31-19-12-10-18(11-13-19)24-16-22(28-32-24)25(30)27-17-23(20-8-4-5-9-21(20)26)29-14-6-2-3-7-15-29/h4-5,8-13,16,23H,2-3,6-7,14-15,17H2,1H3,(H,27,30). The van der Waals surface area contributed by atoms with E-state index in [0.29, 0.717) is 12.3 Å². The van der Waals surface area contributed by atoms with Crippen molar-refractivity contribution >= 4 is 17.5 Å². The fourth-order valence-electron chi connectivity index (χ4n) is 4.14. The van der Waals surface area contributed by atoms with Gasteiger partial charge in [0.1, 0.15) is 5.75 Å². The van der Waals surface area contributed by atoms with E-state index in [-0.39, 0.29) is 17.6 Å². The van der Waals surface area contributed by atoms with E-state index in [1.807, 2.05) is 48.5 Å². The smallest absolute Gasteiger partial charge is 0.273 e. The number of nitrogens with one attached hydrogen (secondary N) is 1. The van der Waals surface area contributed by atoms with Crippen LogP contribution in [0.1, 0.15) is 47.8 Å². The molecule has 1 aliphatic heterocycles. The Hall–Kier alpha value is -2.83. The molecule has 2 aromatic carbocycles. The van der Waals surface area contributed by atoms with E-state index in [4.69, 9.17) is 20.9 Å². The van der Waals surface area contributed by atoms with Gasteiger partial charge in [-0.1, -0.05) is 47.8 Å². The van der Waals surface area contributed by atoms with Crippen molar-refractivity contribution in [1.82, 2.24) is 15.4 Å². The second kappa shape index (κ2) is 10.7. The first-order chi connectivity index (χ1) is 15.7. The first-order valence-electron chi connectivity index (χ1n) is 11.0. The van der Waals surface area contributed by atoms with Crippen LogP contribution in [0.15, 0.2) is 59.1 Å². The minimum absolute atomic E-state index is 0.0127. The molecule has 1 aromatic heterocycles. The van der Waals surface area contributed by atoms with E-state index in [1.54, 1.807) is 13.2 Å². The number of methoxy groups -OCH3 is 1. The summed E-state index contributed by atoms with van der Waals surface area (Å²) in [4.78, 5) is 15.3. The molecule has 7 heteroatoms. The molecule has 2 heterocycles. The van der Waals surface area contributed by atoms with Crippen LogP contribution in [0.4, 0.5) is 0 Å². The van der Waals surface area contributed by atoms with Crippen LogP contribution in [0.25, 0.3) is 11.3 Å². The fourth-order valence-corrected chi connectivity index (χ4v) is 4.40. The van der Waals surface area contributed by atoms with Gasteiger partial charge < -0.3 is 14.6 Å². The van der Waals surface area contributed by atoms with Crippen LogP contribution in [0.5, 0.6) is 5.75 Å². The predicted molar refractivity (Wildman–Crippen MR) is 125 cm³/mol. The lowest BCUT2D eigenvalue weighted by atomic mass is 10.0. The molecule has 4 rings (SSSR count). The average Bonchev–Trinajstić information content (AvgIpc) is 3.17. The van der Waals surface area contributed by atoms with Crippen LogP contribution >= 0.6 is 11.6 Å². The lowest BCUT2D eigenvalue weighted by Gasteiger charge is -2.31. The molecule has 1 saturated heterocycles. The quantitative estimate of drug-likeness (QED) is 0.522. The molecule has 6 nitrogen and oxygen atoms in total. The summed E-state index contributed by atoms with van der Waals surface area (Å²) in [5.74, 6) is 1.03. The van der Waals surface area contributed by atoms with Crippen molar-refractivity contribution in [2.75, 3.05) is 26.7 Å². The number of ether oxygens (including phenoxy) is 1. The Bertz CT molecular complexity index is 1030. The number of rotatable bonds is 7. The molecule has 0 saturated carbocycles. The molecule has 1 atom stereocenters. The van der Waals surface area contributed by atoms with Crippen molar-refractivity contribution in [3.63, 3.8) is 0 Å². The van der Waals surface area contributed by atoms with Gasteiger partial charge in [0, 0.05) is 23.2 Å². The maximum atomic E-state index is 12.9. The second-order valence-corrected chi connectivity index (χ2v) is 8.41. The Kier molecular flexibility index (Phi) is 7.45. The summed E-state index contributed by atoms with van der Waals surface area (Å²) >= 11 is 6.53. The van der Waals surface area contributed by atoms with Crippen molar-refractivity contribution < 1.29 is 14.1 Å². The van der Waals surface area contributed by atoms with Crippen LogP contribution in [0.3, 0.4) is 0 Å². The van der Waals surface area contributed by atoms with Crippen molar-refractivity contribution in [2.24, 2.45) is 0 Å². The highest BCUT2D eigenvalue weighted by atomic mass is 35.5. The number of hydrogen-bond donors (Lipinski definition) is 1. The monoisotopic (exact) mass is 453 g/mol. The topological polar surface area (TPSA) is 67.6 Å². The van der Waals surface area contributed by atoms with Gasteiger partial charge >= 0.3 is 0 Å². The summed E-state index contributed by atoms with van der Waals surface area (Å²) in [6.45, 7) is 2.45. The molecule has 1 N–H and O–H groups in total. The molecule has 1 aliphatic rings. The molecule has 1 unspecified atom stereocenters. The first-order valence-corrected chi connectivity index (χ1v) is 11.4. The van der Waals surface area contributed by atoms with E-state index < -0.39 is 0 Å². The van der Waals surface area contributed by atoms with E-state index in [2.05, 4.69) is 15.4 Å². The van der Waals surface area contributed by atoms with Gasteiger partial charge in [0.15, 0.2) is 11.5 Å². The van der Waals surface area contributed by atoms with Crippen LogP contribution in [0.2, 0.25) is 5.02 Å². The molecule has 0 radical (unpaired) electrons. The molecule has 0 spiro atoms. The van der Waals surface area contributed by atoms with E-state index in [9.17, 15) is 4.79 Å². The number of halogens is 1. The van der Waals surface area contributed by atoms with Crippen LogP contribution in [-0.2, 0) is 0 Å². The molecular formula is C25H28ClN3O3. The summed E-state index contributed by atoms with van der Waals surface area (Å²) < 4.78 is 10.6. The minimum Gasteiger partial charge on any atom is -0.497 e. The zero-order valence-electron chi connectivity index (χ0n) is 18.2. The number of carbonyl (C=O) groups is 1. The molecule has 32 heavy (non-hydrogen) atoms. The number of hydrogen-bond acceptors (Lipinski definition) is 5.